The number of hydrogen-bond acceptors (Lipinski definition) is 2. The van der Waals surface area contributed by atoms with Gasteiger partial charge in [0.15, 0.2) is 0 Å². The Morgan fingerprint density at radius 3 is 2.50 bits per heavy atom. The van der Waals surface area contributed by atoms with E-state index in [4.69, 9.17) is 0 Å². The largest absolute Gasteiger partial charge is 0.303 e. The van der Waals surface area contributed by atoms with Gasteiger partial charge < -0.3 is 5.01 Å². The maximum atomic E-state index is 4.57. The molecule has 0 aliphatic carbocycles. The van der Waals surface area contributed by atoms with Crippen molar-refractivity contribution >= 4 is 5.71 Å². The smallest absolute Gasteiger partial charge is 0.0708 e. The molecule has 0 N–H and O–H groups in total. The summed E-state index contributed by atoms with van der Waals surface area (Å²) in [6, 6.07) is 10.3. The second-order valence-electron chi connectivity index (χ2n) is 4.12. The minimum absolute atomic E-state index is 0.391. The van der Waals surface area contributed by atoms with Gasteiger partial charge in [-0.15, -0.1) is 6.58 Å². The molecule has 1 aromatic rings. The molecule has 2 heteroatoms. The molecule has 0 spiro atoms. The summed E-state index contributed by atoms with van der Waals surface area (Å²) in [5.74, 6) is 0.391. The molecular formula is C14H20N2. The van der Waals surface area contributed by atoms with Crippen LogP contribution in [0.15, 0.2) is 48.1 Å². The molecule has 0 fully saturated rings. The van der Waals surface area contributed by atoms with Crippen LogP contribution < -0.4 is 0 Å². The van der Waals surface area contributed by atoms with Gasteiger partial charge in [0.05, 0.1) is 5.71 Å². The quantitative estimate of drug-likeness (QED) is 0.419. The minimum atomic E-state index is 0.391. The summed E-state index contributed by atoms with van der Waals surface area (Å²) >= 11 is 0. The zero-order valence-corrected chi connectivity index (χ0v) is 10.4. The molecule has 0 aliphatic rings. The van der Waals surface area contributed by atoms with E-state index in [1.165, 1.54) is 5.56 Å². The van der Waals surface area contributed by atoms with Crippen LogP contribution in [0.5, 0.6) is 0 Å². The van der Waals surface area contributed by atoms with E-state index in [-0.39, 0.29) is 0 Å². The fourth-order valence-electron chi connectivity index (χ4n) is 1.63. The van der Waals surface area contributed by atoms with Gasteiger partial charge in [-0.2, -0.15) is 5.10 Å². The fraction of sp³-hybridized carbons (Fsp3) is 0.357. The Hall–Kier alpha value is -1.57. The predicted molar refractivity (Wildman–Crippen MR) is 70.6 cm³/mol. The zero-order chi connectivity index (χ0) is 12.0. The highest BCUT2D eigenvalue weighted by Gasteiger charge is 2.11. The first kappa shape index (κ1) is 12.5. The Morgan fingerprint density at radius 2 is 2.00 bits per heavy atom. The summed E-state index contributed by atoms with van der Waals surface area (Å²) in [4.78, 5) is 0. The molecule has 0 amide bonds. The van der Waals surface area contributed by atoms with Gasteiger partial charge in [-0.1, -0.05) is 43.3 Å². The van der Waals surface area contributed by atoms with Gasteiger partial charge in [0.25, 0.3) is 0 Å². The first-order valence-electron chi connectivity index (χ1n) is 5.57. The molecule has 16 heavy (non-hydrogen) atoms. The van der Waals surface area contributed by atoms with Crippen molar-refractivity contribution in [3.05, 3.63) is 48.6 Å². The van der Waals surface area contributed by atoms with Crippen molar-refractivity contribution < 1.29 is 0 Å². The molecule has 1 unspecified atom stereocenters. The third-order valence-electron chi connectivity index (χ3n) is 2.36. The van der Waals surface area contributed by atoms with E-state index in [2.05, 4.69) is 30.7 Å². The number of benzene rings is 1. The van der Waals surface area contributed by atoms with Gasteiger partial charge in [-0.25, -0.2) is 0 Å². The number of hydrogen-bond donors (Lipinski definition) is 0. The van der Waals surface area contributed by atoms with Gasteiger partial charge >= 0.3 is 0 Å². The highest BCUT2D eigenvalue weighted by Crippen LogP contribution is 2.14. The molecule has 86 valence electrons. The van der Waals surface area contributed by atoms with Crippen LogP contribution in [0, 0.1) is 5.92 Å². The average molecular weight is 216 g/mol. The van der Waals surface area contributed by atoms with E-state index in [9.17, 15) is 0 Å². The lowest BCUT2D eigenvalue weighted by Crippen LogP contribution is -2.17. The highest BCUT2D eigenvalue weighted by molar-refractivity contribution is 6.01. The average Bonchev–Trinajstić information content (AvgIpc) is 2.27. The van der Waals surface area contributed by atoms with Crippen LogP contribution in [0.1, 0.15) is 18.9 Å². The van der Waals surface area contributed by atoms with Crippen LogP contribution in [0.25, 0.3) is 0 Å². The van der Waals surface area contributed by atoms with Crippen LogP contribution in [0.2, 0.25) is 0 Å². The Kier molecular flexibility index (Phi) is 4.77. The van der Waals surface area contributed by atoms with Crippen molar-refractivity contribution in [1.82, 2.24) is 5.01 Å². The topological polar surface area (TPSA) is 15.6 Å². The first-order valence-corrected chi connectivity index (χ1v) is 5.57. The zero-order valence-electron chi connectivity index (χ0n) is 10.4. The van der Waals surface area contributed by atoms with E-state index < -0.39 is 0 Å². The van der Waals surface area contributed by atoms with Gasteiger partial charge in [-0.3, -0.25) is 0 Å². The summed E-state index contributed by atoms with van der Waals surface area (Å²) in [5.41, 5.74) is 2.30. The lowest BCUT2D eigenvalue weighted by molar-refractivity contribution is 0.433. The number of nitrogens with zero attached hydrogens (tertiary/aromatic N) is 2. The third-order valence-corrected chi connectivity index (χ3v) is 2.36. The van der Waals surface area contributed by atoms with Gasteiger partial charge in [-0.05, 0) is 12.0 Å². The SMILES string of the molecule is C=CCC(C)/C(=N\N(C)C)c1ccccc1. The van der Waals surface area contributed by atoms with Crippen LogP contribution in [-0.4, -0.2) is 24.8 Å². The van der Waals surface area contributed by atoms with Crippen molar-refractivity contribution in [3.63, 3.8) is 0 Å². The number of hydrazone groups is 1. The Balaban J connectivity index is 3.01. The number of rotatable bonds is 5. The summed E-state index contributed by atoms with van der Waals surface area (Å²) in [5, 5.41) is 6.42. The molecule has 0 saturated heterocycles. The summed E-state index contributed by atoms with van der Waals surface area (Å²) in [6.07, 6.45) is 2.89. The summed E-state index contributed by atoms with van der Waals surface area (Å²) in [7, 11) is 3.90. The lowest BCUT2D eigenvalue weighted by atomic mass is 9.95. The van der Waals surface area contributed by atoms with E-state index in [0.717, 1.165) is 12.1 Å². The Labute approximate surface area is 98.3 Å². The molecule has 2 nitrogen and oxygen atoms in total. The van der Waals surface area contributed by atoms with Crippen LogP contribution in [0.4, 0.5) is 0 Å². The monoisotopic (exact) mass is 216 g/mol. The van der Waals surface area contributed by atoms with E-state index in [1.807, 2.05) is 43.4 Å². The van der Waals surface area contributed by atoms with Crippen LogP contribution >= 0.6 is 0 Å². The lowest BCUT2D eigenvalue weighted by Gasteiger charge is -2.16. The first-order chi connectivity index (χ1) is 7.65. The van der Waals surface area contributed by atoms with Crippen LogP contribution in [-0.2, 0) is 0 Å². The number of allylic oxidation sites excluding steroid dienone is 1. The molecule has 0 bridgehead atoms. The van der Waals surface area contributed by atoms with Gasteiger partial charge in [0.1, 0.15) is 0 Å². The van der Waals surface area contributed by atoms with Gasteiger partial charge in [0.2, 0.25) is 0 Å². The standard InChI is InChI=1S/C14H20N2/c1-5-9-12(2)14(15-16(3)4)13-10-7-6-8-11-13/h5-8,10-12H,1,9H2,2-4H3/b15-14+. The molecule has 0 aliphatic heterocycles. The van der Waals surface area contributed by atoms with Gasteiger partial charge in [0, 0.05) is 20.0 Å². The summed E-state index contributed by atoms with van der Waals surface area (Å²) in [6.45, 7) is 5.96. The fourth-order valence-corrected chi connectivity index (χ4v) is 1.63. The van der Waals surface area contributed by atoms with E-state index in [0.29, 0.717) is 5.92 Å². The second-order valence-corrected chi connectivity index (χ2v) is 4.12. The van der Waals surface area contributed by atoms with E-state index in [1.54, 1.807) is 0 Å². The molecule has 0 radical (unpaired) electrons. The van der Waals surface area contributed by atoms with Crippen molar-refractivity contribution in [2.75, 3.05) is 14.1 Å². The Morgan fingerprint density at radius 1 is 1.38 bits per heavy atom. The van der Waals surface area contributed by atoms with Crippen molar-refractivity contribution in [2.45, 2.75) is 13.3 Å². The van der Waals surface area contributed by atoms with Crippen molar-refractivity contribution in [1.29, 1.82) is 0 Å². The molecule has 1 aromatic carbocycles. The minimum Gasteiger partial charge on any atom is -0.303 e. The van der Waals surface area contributed by atoms with Crippen LogP contribution in [0.3, 0.4) is 0 Å². The highest BCUT2D eigenvalue weighted by atomic mass is 15.4. The third kappa shape index (κ3) is 3.54. The molecule has 0 heterocycles. The van der Waals surface area contributed by atoms with E-state index >= 15 is 0 Å². The molecule has 1 rings (SSSR count). The Bertz CT molecular complexity index is 352. The normalized spacial score (nSPS) is 13.3. The second kappa shape index (κ2) is 6.11. The predicted octanol–water partition coefficient (Wildman–Crippen LogP) is 3.16. The van der Waals surface area contributed by atoms with Crippen molar-refractivity contribution in [3.8, 4) is 0 Å². The molecule has 0 saturated carbocycles. The van der Waals surface area contributed by atoms with Crippen molar-refractivity contribution in [2.24, 2.45) is 11.0 Å². The maximum absolute atomic E-state index is 4.57. The summed E-state index contributed by atoms with van der Waals surface area (Å²) < 4.78 is 0. The molecule has 0 aromatic heterocycles. The maximum Gasteiger partial charge on any atom is 0.0708 e. The molecule has 1 atom stereocenters. The molecular weight excluding hydrogens is 196 g/mol.